The highest BCUT2D eigenvalue weighted by molar-refractivity contribution is 5.94. The molecule has 1 rings (SSSR count). The summed E-state index contributed by atoms with van der Waals surface area (Å²) in [5, 5.41) is 4.90. The van der Waals surface area contributed by atoms with Crippen LogP contribution in [0.5, 0.6) is 0 Å². The molecular formula is C6H10N2O3. The number of ether oxygens (including phenoxy) is 1. The van der Waals surface area contributed by atoms with Gasteiger partial charge in [0.15, 0.2) is 0 Å². The third-order valence-electron chi connectivity index (χ3n) is 1.59. The first kappa shape index (κ1) is 8.00. The summed E-state index contributed by atoms with van der Waals surface area (Å²) < 4.78 is 4.85. The van der Waals surface area contributed by atoms with Gasteiger partial charge in [-0.25, -0.2) is 0 Å². The molecule has 2 amide bonds. The summed E-state index contributed by atoms with van der Waals surface area (Å²) in [4.78, 5) is 21.5. The van der Waals surface area contributed by atoms with Gasteiger partial charge in [-0.2, -0.15) is 0 Å². The minimum absolute atomic E-state index is 0.276. The molecule has 2 N–H and O–H groups in total. The minimum Gasteiger partial charge on any atom is -0.349 e. The summed E-state index contributed by atoms with van der Waals surface area (Å²) in [6.45, 7) is 1.67. The number of carbonyl (C=O) groups excluding carboxylic acids is 2. The molecule has 1 fully saturated rings. The van der Waals surface area contributed by atoms with Gasteiger partial charge < -0.3 is 15.4 Å². The van der Waals surface area contributed by atoms with Gasteiger partial charge in [-0.3, -0.25) is 9.59 Å². The zero-order valence-electron chi connectivity index (χ0n) is 6.43. The van der Waals surface area contributed by atoms with Gasteiger partial charge in [0.2, 0.25) is 11.6 Å². The fourth-order valence-electron chi connectivity index (χ4n) is 0.922. The molecule has 11 heavy (non-hydrogen) atoms. The van der Waals surface area contributed by atoms with Crippen LogP contribution in [-0.2, 0) is 14.3 Å². The Kier molecular flexibility index (Phi) is 1.82. The largest absolute Gasteiger partial charge is 0.349 e. The normalized spacial score (nSPS) is 28.7. The lowest BCUT2D eigenvalue weighted by Crippen LogP contribution is -2.73. The summed E-state index contributed by atoms with van der Waals surface area (Å²) in [7, 11) is 1.38. The fourth-order valence-corrected chi connectivity index (χ4v) is 0.922. The molecule has 0 aromatic heterocycles. The number of nitrogens with one attached hydrogen (secondary N) is 2. The smallest absolute Gasteiger partial charge is 0.275 e. The molecule has 0 saturated carbocycles. The molecule has 0 bridgehead atoms. The molecule has 5 heteroatoms. The Morgan fingerprint density at radius 3 is 2.55 bits per heavy atom. The van der Waals surface area contributed by atoms with E-state index in [4.69, 9.17) is 4.74 Å². The summed E-state index contributed by atoms with van der Waals surface area (Å²) in [5.41, 5.74) is -1.11. The van der Waals surface area contributed by atoms with E-state index in [1.54, 1.807) is 0 Å². The standard InChI is InChI=1S/C6H10N2O3/c1-4(9)8-6(11-2)3-7-5(6)10/h3H2,1-2H3,(H,7,10)(H,8,9). The lowest BCUT2D eigenvalue weighted by molar-refractivity contribution is -0.166. The van der Waals surface area contributed by atoms with Crippen molar-refractivity contribution in [3.05, 3.63) is 0 Å². The van der Waals surface area contributed by atoms with Crippen LogP contribution in [0.4, 0.5) is 0 Å². The second kappa shape index (κ2) is 2.50. The molecule has 0 aliphatic carbocycles. The Bertz CT molecular complexity index is 200. The maximum Gasteiger partial charge on any atom is 0.275 e. The van der Waals surface area contributed by atoms with Gasteiger partial charge >= 0.3 is 0 Å². The van der Waals surface area contributed by atoms with Crippen LogP contribution in [0.1, 0.15) is 6.92 Å². The van der Waals surface area contributed by atoms with E-state index in [9.17, 15) is 9.59 Å². The van der Waals surface area contributed by atoms with Crippen molar-refractivity contribution in [2.24, 2.45) is 0 Å². The fraction of sp³-hybridized carbons (Fsp3) is 0.667. The molecule has 5 nitrogen and oxygen atoms in total. The predicted octanol–water partition coefficient (Wildman–Crippen LogP) is -1.40. The highest BCUT2D eigenvalue weighted by atomic mass is 16.5. The Balaban J connectivity index is 2.61. The Labute approximate surface area is 64.1 Å². The van der Waals surface area contributed by atoms with Crippen LogP contribution in [0.25, 0.3) is 0 Å². The average molecular weight is 158 g/mol. The quantitative estimate of drug-likeness (QED) is 0.383. The van der Waals surface area contributed by atoms with Crippen molar-refractivity contribution in [3.63, 3.8) is 0 Å². The van der Waals surface area contributed by atoms with Gasteiger partial charge in [0.1, 0.15) is 0 Å². The Morgan fingerprint density at radius 1 is 1.82 bits per heavy atom. The highest BCUT2D eigenvalue weighted by Crippen LogP contribution is 2.12. The van der Waals surface area contributed by atoms with Crippen LogP contribution in [0, 0.1) is 0 Å². The van der Waals surface area contributed by atoms with Gasteiger partial charge in [0.05, 0.1) is 6.54 Å². The molecule has 1 aliphatic rings. The van der Waals surface area contributed by atoms with E-state index in [0.717, 1.165) is 0 Å². The van der Waals surface area contributed by atoms with Gasteiger partial charge in [0, 0.05) is 14.0 Å². The SMILES string of the molecule is COC1(NC(C)=O)CNC1=O. The lowest BCUT2D eigenvalue weighted by atomic mass is 10.1. The topological polar surface area (TPSA) is 67.4 Å². The zero-order valence-corrected chi connectivity index (χ0v) is 6.43. The van der Waals surface area contributed by atoms with Crippen LogP contribution in [-0.4, -0.2) is 31.2 Å². The van der Waals surface area contributed by atoms with E-state index in [1.165, 1.54) is 14.0 Å². The van der Waals surface area contributed by atoms with Crippen molar-refractivity contribution in [1.82, 2.24) is 10.6 Å². The molecule has 1 saturated heterocycles. The van der Waals surface area contributed by atoms with Crippen molar-refractivity contribution in [3.8, 4) is 0 Å². The van der Waals surface area contributed by atoms with E-state index in [-0.39, 0.29) is 11.8 Å². The van der Waals surface area contributed by atoms with E-state index in [1.807, 2.05) is 0 Å². The van der Waals surface area contributed by atoms with Crippen molar-refractivity contribution >= 4 is 11.8 Å². The summed E-state index contributed by atoms with van der Waals surface area (Å²) >= 11 is 0. The zero-order chi connectivity index (χ0) is 8.48. The maximum atomic E-state index is 10.9. The molecule has 0 spiro atoms. The Hall–Kier alpha value is -1.10. The van der Waals surface area contributed by atoms with E-state index in [0.29, 0.717) is 6.54 Å². The number of hydrogen-bond donors (Lipinski definition) is 2. The summed E-state index contributed by atoms with van der Waals surface area (Å²) in [6.07, 6.45) is 0. The summed E-state index contributed by atoms with van der Waals surface area (Å²) in [5.74, 6) is -0.572. The number of β-lactam (4-membered cyclic amide) rings is 1. The third kappa shape index (κ3) is 1.19. The van der Waals surface area contributed by atoms with Crippen molar-refractivity contribution in [2.45, 2.75) is 12.6 Å². The molecule has 1 atom stereocenters. The second-order valence-corrected chi connectivity index (χ2v) is 2.40. The average Bonchev–Trinajstić information content (AvgIpc) is 1.96. The van der Waals surface area contributed by atoms with Crippen molar-refractivity contribution in [1.29, 1.82) is 0 Å². The first-order chi connectivity index (χ1) is 5.10. The van der Waals surface area contributed by atoms with E-state index < -0.39 is 5.72 Å². The number of rotatable bonds is 2. The van der Waals surface area contributed by atoms with Crippen LogP contribution in [0.3, 0.4) is 0 Å². The van der Waals surface area contributed by atoms with Gasteiger partial charge in [-0.1, -0.05) is 0 Å². The minimum atomic E-state index is -1.11. The van der Waals surface area contributed by atoms with E-state index >= 15 is 0 Å². The third-order valence-corrected chi connectivity index (χ3v) is 1.59. The van der Waals surface area contributed by atoms with E-state index in [2.05, 4.69) is 10.6 Å². The maximum absolute atomic E-state index is 10.9. The molecule has 1 aliphatic heterocycles. The number of hydrogen-bond acceptors (Lipinski definition) is 3. The monoisotopic (exact) mass is 158 g/mol. The molecule has 1 heterocycles. The van der Waals surface area contributed by atoms with Gasteiger partial charge in [0.25, 0.3) is 5.91 Å². The number of methoxy groups -OCH3 is 1. The summed E-state index contributed by atoms with van der Waals surface area (Å²) in [6, 6.07) is 0. The molecule has 0 aromatic rings. The number of carbonyl (C=O) groups is 2. The molecular weight excluding hydrogens is 148 g/mol. The first-order valence-electron chi connectivity index (χ1n) is 3.23. The second-order valence-electron chi connectivity index (χ2n) is 2.40. The Morgan fingerprint density at radius 2 is 2.45 bits per heavy atom. The first-order valence-corrected chi connectivity index (χ1v) is 3.23. The highest BCUT2D eigenvalue weighted by Gasteiger charge is 2.47. The van der Waals surface area contributed by atoms with Crippen molar-refractivity contribution < 1.29 is 14.3 Å². The van der Waals surface area contributed by atoms with Gasteiger partial charge in [-0.05, 0) is 0 Å². The molecule has 1 unspecified atom stereocenters. The van der Waals surface area contributed by atoms with Crippen LogP contribution >= 0.6 is 0 Å². The van der Waals surface area contributed by atoms with Crippen LogP contribution in [0.15, 0.2) is 0 Å². The van der Waals surface area contributed by atoms with Gasteiger partial charge in [-0.15, -0.1) is 0 Å². The van der Waals surface area contributed by atoms with Crippen LogP contribution < -0.4 is 10.6 Å². The van der Waals surface area contributed by atoms with Crippen LogP contribution in [0.2, 0.25) is 0 Å². The molecule has 62 valence electrons. The number of amides is 2. The lowest BCUT2D eigenvalue weighted by Gasteiger charge is -2.39. The molecule has 0 radical (unpaired) electrons. The molecule has 0 aromatic carbocycles. The van der Waals surface area contributed by atoms with Crippen molar-refractivity contribution in [2.75, 3.05) is 13.7 Å². The predicted molar refractivity (Wildman–Crippen MR) is 36.6 cm³/mol.